The number of carbonyl (C=O) groups is 2. The van der Waals surface area contributed by atoms with Gasteiger partial charge in [0.2, 0.25) is 5.91 Å². The molecule has 3 rings (SSSR count). The minimum atomic E-state index is 0.0363. The topological polar surface area (TPSA) is 66.6 Å². The fourth-order valence-electron chi connectivity index (χ4n) is 3.20. The molecule has 1 fully saturated rings. The molecule has 0 bridgehead atoms. The van der Waals surface area contributed by atoms with Crippen LogP contribution in [0.5, 0.6) is 0 Å². The van der Waals surface area contributed by atoms with Gasteiger partial charge in [0.05, 0.1) is 0 Å². The summed E-state index contributed by atoms with van der Waals surface area (Å²) in [5.74, 6) is 0.157. The van der Waals surface area contributed by atoms with Crippen LogP contribution in [0.15, 0.2) is 48.5 Å². The van der Waals surface area contributed by atoms with E-state index in [1.54, 1.807) is 0 Å². The van der Waals surface area contributed by atoms with E-state index in [9.17, 15) is 9.59 Å². The van der Waals surface area contributed by atoms with E-state index in [1.807, 2.05) is 65.3 Å². The number of carbonyl (C=O) groups excluding carboxylic acids is 2. The first kappa shape index (κ1) is 18.0. The lowest BCUT2D eigenvalue weighted by molar-refractivity contribution is -0.132. The van der Waals surface area contributed by atoms with E-state index in [1.165, 1.54) is 0 Å². The smallest absolute Gasteiger partial charge is 0.253 e. The summed E-state index contributed by atoms with van der Waals surface area (Å²) in [6.45, 7) is 4.32. The number of nitrogens with two attached hydrogens (primary N) is 1. The number of nitrogens with zero attached hydrogens (tertiary/aromatic N) is 2. The highest BCUT2D eigenvalue weighted by Gasteiger charge is 2.24. The van der Waals surface area contributed by atoms with Crippen molar-refractivity contribution in [2.75, 3.05) is 31.9 Å². The molecule has 5 nitrogen and oxygen atoms in total. The van der Waals surface area contributed by atoms with Crippen molar-refractivity contribution >= 4 is 17.5 Å². The van der Waals surface area contributed by atoms with Gasteiger partial charge in [-0.1, -0.05) is 35.9 Å². The molecule has 1 heterocycles. The number of para-hydroxylation sites is 1. The fourth-order valence-corrected chi connectivity index (χ4v) is 3.20. The second-order valence-corrected chi connectivity index (χ2v) is 6.74. The maximum Gasteiger partial charge on any atom is 0.253 e. The lowest BCUT2D eigenvalue weighted by atomic mass is 10.1. The number of hydrogen-bond donors (Lipinski definition) is 1. The first-order chi connectivity index (χ1) is 12.5. The van der Waals surface area contributed by atoms with Crippen LogP contribution < -0.4 is 5.73 Å². The molecule has 26 heavy (non-hydrogen) atoms. The van der Waals surface area contributed by atoms with Crippen LogP contribution in [0.1, 0.15) is 27.9 Å². The molecule has 1 aliphatic heterocycles. The van der Waals surface area contributed by atoms with Gasteiger partial charge in [-0.05, 0) is 37.1 Å². The Morgan fingerprint density at radius 2 is 1.54 bits per heavy atom. The molecule has 0 saturated carbocycles. The van der Waals surface area contributed by atoms with Crippen molar-refractivity contribution in [3.8, 4) is 0 Å². The number of nitrogen functional groups attached to an aromatic ring is 1. The second-order valence-electron chi connectivity index (χ2n) is 6.74. The molecule has 0 atom stereocenters. The number of aryl methyl sites for hydroxylation is 2. The molecule has 0 spiro atoms. The summed E-state index contributed by atoms with van der Waals surface area (Å²) in [5.41, 5.74) is 9.51. The number of hydrogen-bond acceptors (Lipinski definition) is 3. The van der Waals surface area contributed by atoms with Gasteiger partial charge >= 0.3 is 0 Å². The lowest BCUT2D eigenvalue weighted by Gasteiger charge is -2.35. The third-order valence-corrected chi connectivity index (χ3v) is 4.88. The van der Waals surface area contributed by atoms with Crippen LogP contribution in [0.2, 0.25) is 0 Å². The standard InChI is InChI=1S/C21H25N3O2/c1-16-6-8-18(9-7-16)21(26)24-14-12-23(13-15-24)20(25)11-10-17-4-2-3-5-19(17)22/h2-9H,10-15,22H2,1H3. The number of piperazine rings is 1. The van der Waals surface area contributed by atoms with Crippen molar-refractivity contribution in [2.45, 2.75) is 19.8 Å². The van der Waals surface area contributed by atoms with Crippen molar-refractivity contribution in [1.29, 1.82) is 0 Å². The molecule has 0 radical (unpaired) electrons. The molecule has 5 heteroatoms. The zero-order chi connectivity index (χ0) is 18.5. The number of rotatable bonds is 4. The van der Waals surface area contributed by atoms with Crippen LogP contribution in [0.25, 0.3) is 0 Å². The van der Waals surface area contributed by atoms with Crippen LogP contribution in [0, 0.1) is 6.92 Å². The van der Waals surface area contributed by atoms with Gasteiger partial charge in [0.25, 0.3) is 5.91 Å². The Balaban J connectivity index is 1.50. The van der Waals surface area contributed by atoms with Crippen molar-refractivity contribution in [1.82, 2.24) is 9.80 Å². The maximum absolute atomic E-state index is 12.5. The third kappa shape index (κ3) is 4.23. The van der Waals surface area contributed by atoms with E-state index >= 15 is 0 Å². The molecule has 1 saturated heterocycles. The van der Waals surface area contributed by atoms with Crippen LogP contribution in [-0.2, 0) is 11.2 Å². The quantitative estimate of drug-likeness (QED) is 0.861. The summed E-state index contributed by atoms with van der Waals surface area (Å²) in [6.07, 6.45) is 1.09. The largest absolute Gasteiger partial charge is 0.399 e. The zero-order valence-electron chi connectivity index (χ0n) is 15.1. The minimum absolute atomic E-state index is 0.0363. The van der Waals surface area contributed by atoms with Crippen molar-refractivity contribution in [3.63, 3.8) is 0 Å². The van der Waals surface area contributed by atoms with Crippen molar-refractivity contribution < 1.29 is 9.59 Å². The lowest BCUT2D eigenvalue weighted by Crippen LogP contribution is -2.50. The highest BCUT2D eigenvalue weighted by molar-refractivity contribution is 5.94. The van der Waals surface area contributed by atoms with Gasteiger partial charge in [-0.15, -0.1) is 0 Å². The molecule has 0 aromatic heterocycles. The van der Waals surface area contributed by atoms with Gasteiger partial charge in [0.1, 0.15) is 0 Å². The Hall–Kier alpha value is -2.82. The van der Waals surface area contributed by atoms with E-state index < -0.39 is 0 Å². The molecule has 2 amide bonds. The van der Waals surface area contributed by atoms with E-state index in [0.29, 0.717) is 44.6 Å². The molecular weight excluding hydrogens is 326 g/mol. The van der Waals surface area contributed by atoms with E-state index in [4.69, 9.17) is 5.73 Å². The summed E-state index contributed by atoms with van der Waals surface area (Å²) < 4.78 is 0. The molecule has 2 aromatic carbocycles. The van der Waals surface area contributed by atoms with Gasteiger partial charge in [-0.2, -0.15) is 0 Å². The fraction of sp³-hybridized carbons (Fsp3) is 0.333. The van der Waals surface area contributed by atoms with Gasteiger partial charge < -0.3 is 15.5 Å². The van der Waals surface area contributed by atoms with E-state index in [-0.39, 0.29) is 11.8 Å². The zero-order valence-corrected chi connectivity index (χ0v) is 15.1. The second kappa shape index (κ2) is 8.04. The Kier molecular flexibility index (Phi) is 5.56. The summed E-state index contributed by atoms with van der Waals surface area (Å²) in [6, 6.07) is 15.3. The molecule has 2 aromatic rings. The normalized spacial score (nSPS) is 14.3. The summed E-state index contributed by atoms with van der Waals surface area (Å²) in [7, 11) is 0. The van der Waals surface area contributed by atoms with Gasteiger partial charge in [-0.25, -0.2) is 0 Å². The minimum Gasteiger partial charge on any atom is -0.399 e. The molecule has 1 aliphatic rings. The van der Waals surface area contributed by atoms with Crippen LogP contribution in [-0.4, -0.2) is 47.8 Å². The molecular formula is C21H25N3O2. The van der Waals surface area contributed by atoms with Crippen molar-refractivity contribution in [3.05, 3.63) is 65.2 Å². The van der Waals surface area contributed by atoms with E-state index in [0.717, 1.165) is 16.8 Å². The van der Waals surface area contributed by atoms with E-state index in [2.05, 4.69) is 0 Å². The summed E-state index contributed by atoms with van der Waals surface area (Å²) in [4.78, 5) is 28.7. The van der Waals surface area contributed by atoms with Gasteiger partial charge in [0, 0.05) is 43.9 Å². The Bertz CT molecular complexity index is 778. The summed E-state index contributed by atoms with van der Waals surface area (Å²) in [5, 5.41) is 0. The first-order valence-corrected chi connectivity index (χ1v) is 9.01. The molecule has 0 unspecified atom stereocenters. The average Bonchev–Trinajstić information content (AvgIpc) is 2.67. The highest BCUT2D eigenvalue weighted by atomic mass is 16.2. The monoisotopic (exact) mass is 351 g/mol. The van der Waals surface area contributed by atoms with Crippen molar-refractivity contribution in [2.24, 2.45) is 0 Å². The SMILES string of the molecule is Cc1ccc(C(=O)N2CCN(C(=O)CCc3ccccc3N)CC2)cc1. The Morgan fingerprint density at radius 1 is 0.923 bits per heavy atom. The maximum atomic E-state index is 12.5. The highest BCUT2D eigenvalue weighted by Crippen LogP contribution is 2.15. The van der Waals surface area contributed by atoms with Crippen LogP contribution in [0.3, 0.4) is 0 Å². The summed E-state index contributed by atoms with van der Waals surface area (Å²) >= 11 is 0. The van der Waals surface area contributed by atoms with Crippen LogP contribution >= 0.6 is 0 Å². The molecule has 136 valence electrons. The first-order valence-electron chi connectivity index (χ1n) is 9.01. The number of benzene rings is 2. The van der Waals surface area contributed by atoms with Gasteiger partial charge in [0.15, 0.2) is 0 Å². The predicted molar refractivity (Wildman–Crippen MR) is 103 cm³/mol. The third-order valence-electron chi connectivity index (χ3n) is 4.88. The van der Waals surface area contributed by atoms with Crippen LogP contribution in [0.4, 0.5) is 5.69 Å². The molecule has 2 N–H and O–H groups in total. The Labute approximate surface area is 154 Å². The predicted octanol–water partition coefficient (Wildman–Crippen LogP) is 2.49. The molecule has 0 aliphatic carbocycles. The Morgan fingerprint density at radius 3 is 2.19 bits per heavy atom. The number of anilines is 1. The average molecular weight is 351 g/mol. The van der Waals surface area contributed by atoms with Gasteiger partial charge in [-0.3, -0.25) is 9.59 Å². The number of amides is 2.